The normalized spacial score (nSPS) is 24.9. The van der Waals surface area contributed by atoms with Gasteiger partial charge in [-0.1, -0.05) is 5.10 Å². The number of aryl methyl sites for hydroxylation is 1. The summed E-state index contributed by atoms with van der Waals surface area (Å²) in [7, 11) is 0. The van der Waals surface area contributed by atoms with Crippen LogP contribution in [0.3, 0.4) is 0 Å². The molecule has 5 nitrogen and oxygen atoms in total. The van der Waals surface area contributed by atoms with E-state index in [0.717, 1.165) is 19.6 Å². The lowest BCUT2D eigenvalue weighted by Gasteiger charge is -2.13. The zero-order valence-electron chi connectivity index (χ0n) is 9.28. The molecule has 0 spiro atoms. The number of nitrogens with zero attached hydrogens (tertiary/aromatic N) is 2. The fourth-order valence-electron chi connectivity index (χ4n) is 1.77. The topological polar surface area (TPSA) is 60.2 Å². The van der Waals surface area contributed by atoms with Crippen LogP contribution in [0.4, 0.5) is 6.01 Å². The third-order valence-electron chi connectivity index (χ3n) is 2.82. The maximum Gasteiger partial charge on any atom is 0.315 e. The van der Waals surface area contributed by atoms with E-state index in [4.69, 9.17) is 20.8 Å². The fourth-order valence-corrected chi connectivity index (χ4v) is 1.93. The Bertz CT molecular complexity index is 332. The summed E-state index contributed by atoms with van der Waals surface area (Å²) in [6, 6.07) is 0.471. The van der Waals surface area contributed by atoms with Gasteiger partial charge in [-0.05, 0) is 13.3 Å². The Labute approximate surface area is 99.5 Å². The minimum absolute atomic E-state index is 0.303. The van der Waals surface area contributed by atoms with Crippen molar-refractivity contribution in [2.24, 2.45) is 5.92 Å². The van der Waals surface area contributed by atoms with E-state index >= 15 is 0 Å². The van der Waals surface area contributed by atoms with Gasteiger partial charge in [-0.25, -0.2) is 0 Å². The summed E-state index contributed by atoms with van der Waals surface area (Å²) >= 11 is 5.58. The molecule has 6 heteroatoms. The molecule has 0 aliphatic carbocycles. The minimum atomic E-state index is 0.303. The van der Waals surface area contributed by atoms with Crippen LogP contribution in [0.1, 0.15) is 19.2 Å². The summed E-state index contributed by atoms with van der Waals surface area (Å²) in [5.41, 5.74) is 0. The number of aromatic nitrogens is 2. The van der Waals surface area contributed by atoms with E-state index in [-0.39, 0.29) is 0 Å². The third kappa shape index (κ3) is 2.86. The van der Waals surface area contributed by atoms with Gasteiger partial charge in [0.25, 0.3) is 0 Å². The smallest absolute Gasteiger partial charge is 0.315 e. The van der Waals surface area contributed by atoms with Gasteiger partial charge in [0.1, 0.15) is 0 Å². The number of hydrogen-bond acceptors (Lipinski definition) is 5. The highest BCUT2D eigenvalue weighted by atomic mass is 35.5. The first-order valence-electron chi connectivity index (χ1n) is 5.53. The van der Waals surface area contributed by atoms with E-state index in [1.807, 2.05) is 0 Å². The predicted molar refractivity (Wildman–Crippen MR) is 60.7 cm³/mol. The predicted octanol–water partition coefficient (Wildman–Crippen LogP) is 1.69. The molecule has 1 aromatic heterocycles. The highest BCUT2D eigenvalue weighted by Gasteiger charge is 2.24. The average Bonchev–Trinajstić information content (AvgIpc) is 2.86. The standard InChI is InChI=1S/C10H16ClN3O2/c1-7-8(3-5-15-7)6-12-10-14-13-9(16-10)2-4-11/h7-8H,2-6H2,1H3,(H,12,14). The second-order valence-corrected chi connectivity index (χ2v) is 4.32. The Balaban J connectivity index is 1.80. The first-order valence-corrected chi connectivity index (χ1v) is 6.07. The monoisotopic (exact) mass is 245 g/mol. The van der Waals surface area contributed by atoms with E-state index in [1.165, 1.54) is 0 Å². The van der Waals surface area contributed by atoms with Crippen LogP contribution < -0.4 is 5.32 Å². The molecule has 90 valence electrons. The van der Waals surface area contributed by atoms with Gasteiger partial charge in [-0.2, -0.15) is 0 Å². The molecule has 0 saturated carbocycles. The van der Waals surface area contributed by atoms with E-state index in [0.29, 0.717) is 36.2 Å². The Morgan fingerprint density at radius 2 is 2.38 bits per heavy atom. The van der Waals surface area contributed by atoms with E-state index in [9.17, 15) is 0 Å². The van der Waals surface area contributed by atoms with Crippen LogP contribution >= 0.6 is 11.6 Å². The molecule has 1 aliphatic heterocycles. The molecule has 1 aromatic rings. The van der Waals surface area contributed by atoms with Gasteiger partial charge in [0.05, 0.1) is 6.10 Å². The van der Waals surface area contributed by atoms with Crippen molar-refractivity contribution in [1.82, 2.24) is 10.2 Å². The number of anilines is 1. The summed E-state index contributed by atoms with van der Waals surface area (Å²) in [6.45, 7) is 3.74. The molecule has 1 N–H and O–H groups in total. The molecule has 0 radical (unpaired) electrons. The molecule has 0 amide bonds. The van der Waals surface area contributed by atoms with Crippen molar-refractivity contribution in [2.45, 2.75) is 25.9 Å². The molecule has 2 rings (SSSR count). The number of ether oxygens (including phenoxy) is 1. The number of rotatable bonds is 5. The van der Waals surface area contributed by atoms with Crippen molar-refractivity contribution in [3.8, 4) is 0 Å². The lowest BCUT2D eigenvalue weighted by Crippen LogP contribution is -2.20. The molecule has 2 atom stereocenters. The number of hydrogen-bond donors (Lipinski definition) is 1. The second-order valence-electron chi connectivity index (χ2n) is 3.95. The zero-order chi connectivity index (χ0) is 11.4. The van der Waals surface area contributed by atoms with Crippen LogP contribution in [0.5, 0.6) is 0 Å². The second kappa shape index (κ2) is 5.50. The van der Waals surface area contributed by atoms with E-state index in [2.05, 4.69) is 22.4 Å². The number of nitrogens with one attached hydrogen (secondary N) is 1. The lowest BCUT2D eigenvalue weighted by molar-refractivity contribution is 0.108. The quantitative estimate of drug-likeness (QED) is 0.800. The van der Waals surface area contributed by atoms with Crippen LogP contribution in [0, 0.1) is 5.92 Å². The molecule has 2 heterocycles. The molecule has 0 bridgehead atoms. The first-order chi connectivity index (χ1) is 7.79. The number of halogens is 1. The molecule has 2 unspecified atom stereocenters. The molecule has 1 aliphatic rings. The highest BCUT2D eigenvalue weighted by Crippen LogP contribution is 2.20. The minimum Gasteiger partial charge on any atom is -0.408 e. The fraction of sp³-hybridized carbons (Fsp3) is 0.800. The molecule has 0 aromatic carbocycles. The zero-order valence-corrected chi connectivity index (χ0v) is 10.0. The summed E-state index contributed by atoms with van der Waals surface area (Å²) < 4.78 is 10.8. The van der Waals surface area contributed by atoms with Crippen molar-refractivity contribution >= 4 is 17.6 Å². The van der Waals surface area contributed by atoms with Crippen molar-refractivity contribution in [1.29, 1.82) is 0 Å². The summed E-state index contributed by atoms with van der Waals surface area (Å²) in [5.74, 6) is 1.59. The average molecular weight is 246 g/mol. The van der Waals surface area contributed by atoms with Crippen LogP contribution in [0.15, 0.2) is 4.42 Å². The maximum absolute atomic E-state index is 5.58. The van der Waals surface area contributed by atoms with Crippen molar-refractivity contribution in [2.75, 3.05) is 24.3 Å². The SMILES string of the molecule is CC1OCCC1CNc1nnc(CCCl)o1. The van der Waals surface area contributed by atoms with Gasteiger partial charge in [-0.15, -0.1) is 16.7 Å². The highest BCUT2D eigenvalue weighted by molar-refractivity contribution is 6.17. The summed E-state index contributed by atoms with van der Waals surface area (Å²) in [4.78, 5) is 0. The Hall–Kier alpha value is -0.810. The van der Waals surface area contributed by atoms with Crippen molar-refractivity contribution in [3.63, 3.8) is 0 Å². The molecular weight excluding hydrogens is 230 g/mol. The van der Waals surface area contributed by atoms with Crippen LogP contribution in [-0.4, -0.2) is 35.3 Å². The van der Waals surface area contributed by atoms with Crippen molar-refractivity contribution < 1.29 is 9.15 Å². The van der Waals surface area contributed by atoms with Crippen LogP contribution in [0.2, 0.25) is 0 Å². The molecule has 1 saturated heterocycles. The van der Waals surface area contributed by atoms with Crippen molar-refractivity contribution in [3.05, 3.63) is 5.89 Å². The maximum atomic E-state index is 5.58. The summed E-state index contributed by atoms with van der Waals surface area (Å²) in [5, 5.41) is 10.9. The van der Waals surface area contributed by atoms with E-state index in [1.54, 1.807) is 0 Å². The molecule has 1 fully saturated rings. The molecular formula is C10H16ClN3O2. The molecule has 16 heavy (non-hydrogen) atoms. The lowest BCUT2D eigenvalue weighted by atomic mass is 10.0. The first kappa shape index (κ1) is 11.7. The largest absolute Gasteiger partial charge is 0.408 e. The Morgan fingerprint density at radius 3 is 3.06 bits per heavy atom. The van der Waals surface area contributed by atoms with Crippen LogP contribution in [-0.2, 0) is 11.2 Å². The van der Waals surface area contributed by atoms with Gasteiger partial charge < -0.3 is 14.5 Å². The van der Waals surface area contributed by atoms with Gasteiger partial charge in [-0.3, -0.25) is 0 Å². The Morgan fingerprint density at radius 1 is 1.50 bits per heavy atom. The van der Waals surface area contributed by atoms with Crippen LogP contribution in [0.25, 0.3) is 0 Å². The van der Waals surface area contributed by atoms with Gasteiger partial charge >= 0.3 is 6.01 Å². The summed E-state index contributed by atoms with van der Waals surface area (Å²) in [6.07, 6.45) is 1.99. The Kier molecular flexibility index (Phi) is 4.01. The van der Waals surface area contributed by atoms with E-state index < -0.39 is 0 Å². The third-order valence-corrected chi connectivity index (χ3v) is 3.01. The number of alkyl halides is 1. The van der Waals surface area contributed by atoms with Gasteiger partial charge in [0, 0.05) is 31.4 Å². The van der Waals surface area contributed by atoms with Gasteiger partial charge in [0.15, 0.2) is 0 Å². The van der Waals surface area contributed by atoms with Gasteiger partial charge in [0.2, 0.25) is 5.89 Å².